The molecule has 0 bridgehead atoms. The molecule has 1 rings (SSSR count). The molecule has 1 aromatic rings. The summed E-state index contributed by atoms with van der Waals surface area (Å²) in [5, 5.41) is 3.15. The number of likely N-dealkylation sites (N-methyl/N-ethyl adjacent to an activating group) is 2. The number of benzene rings is 1. The molecule has 1 aromatic carbocycles. The summed E-state index contributed by atoms with van der Waals surface area (Å²) in [7, 11) is 5.84. The first-order chi connectivity index (χ1) is 8.17. The maximum absolute atomic E-state index is 5.36. The van der Waals surface area contributed by atoms with E-state index in [1.807, 2.05) is 19.2 Å². The lowest BCUT2D eigenvalue weighted by Crippen LogP contribution is -2.29. The molecular formula is C13H21BrN2O. The van der Waals surface area contributed by atoms with Crippen LogP contribution in [0, 0.1) is 0 Å². The number of hydrogen-bond donors (Lipinski definition) is 1. The average molecular weight is 301 g/mol. The summed E-state index contributed by atoms with van der Waals surface area (Å²) >= 11 is 3.50. The zero-order valence-electron chi connectivity index (χ0n) is 10.8. The second-order valence-corrected chi connectivity index (χ2v) is 5.03. The molecular weight excluding hydrogens is 280 g/mol. The molecule has 0 unspecified atom stereocenters. The van der Waals surface area contributed by atoms with Crippen LogP contribution < -0.4 is 10.1 Å². The Morgan fingerprint density at radius 1 is 1.35 bits per heavy atom. The van der Waals surface area contributed by atoms with Crippen molar-refractivity contribution in [2.45, 2.75) is 6.42 Å². The van der Waals surface area contributed by atoms with Gasteiger partial charge in [-0.25, -0.2) is 0 Å². The fourth-order valence-electron chi connectivity index (χ4n) is 1.67. The van der Waals surface area contributed by atoms with Crippen molar-refractivity contribution in [3.8, 4) is 5.75 Å². The van der Waals surface area contributed by atoms with E-state index in [9.17, 15) is 0 Å². The highest BCUT2D eigenvalue weighted by molar-refractivity contribution is 9.10. The molecule has 17 heavy (non-hydrogen) atoms. The first kappa shape index (κ1) is 14.5. The van der Waals surface area contributed by atoms with Crippen LogP contribution in [-0.2, 0) is 6.42 Å². The zero-order chi connectivity index (χ0) is 12.7. The second kappa shape index (κ2) is 7.69. The van der Waals surface area contributed by atoms with E-state index in [4.69, 9.17) is 4.74 Å². The van der Waals surface area contributed by atoms with Gasteiger partial charge < -0.3 is 15.0 Å². The number of hydrogen-bond acceptors (Lipinski definition) is 3. The summed E-state index contributed by atoms with van der Waals surface area (Å²) in [4.78, 5) is 2.32. The third kappa shape index (κ3) is 5.06. The fourth-order valence-corrected chi connectivity index (χ4v) is 2.08. The molecule has 0 aliphatic rings. The van der Waals surface area contributed by atoms with Crippen molar-refractivity contribution >= 4 is 15.9 Å². The van der Waals surface area contributed by atoms with Crippen molar-refractivity contribution < 1.29 is 4.74 Å². The lowest BCUT2D eigenvalue weighted by molar-refractivity contribution is 0.336. The van der Waals surface area contributed by atoms with E-state index >= 15 is 0 Å². The van der Waals surface area contributed by atoms with E-state index in [1.165, 1.54) is 5.56 Å². The summed E-state index contributed by atoms with van der Waals surface area (Å²) in [5.74, 6) is 0.968. The molecule has 0 spiro atoms. The quantitative estimate of drug-likeness (QED) is 0.835. The summed E-state index contributed by atoms with van der Waals surface area (Å²) in [6.45, 7) is 3.12. The molecule has 0 radical (unpaired) electrons. The number of nitrogens with zero attached hydrogens (tertiary/aromatic N) is 1. The van der Waals surface area contributed by atoms with Gasteiger partial charge in [-0.1, -0.05) is 15.9 Å². The van der Waals surface area contributed by atoms with Crippen molar-refractivity contribution in [2.24, 2.45) is 0 Å². The van der Waals surface area contributed by atoms with Crippen LogP contribution in [0.1, 0.15) is 5.56 Å². The van der Waals surface area contributed by atoms with E-state index < -0.39 is 0 Å². The topological polar surface area (TPSA) is 24.5 Å². The molecule has 0 saturated heterocycles. The fraction of sp³-hybridized carbons (Fsp3) is 0.538. The Kier molecular flexibility index (Phi) is 6.55. The highest BCUT2D eigenvalue weighted by Gasteiger charge is 2.05. The Hall–Kier alpha value is -0.580. The average Bonchev–Trinajstić information content (AvgIpc) is 2.34. The highest BCUT2D eigenvalue weighted by atomic mass is 79.9. The molecule has 0 saturated carbocycles. The Bertz CT molecular complexity index is 344. The molecule has 96 valence electrons. The van der Waals surface area contributed by atoms with Gasteiger partial charge in [0.2, 0.25) is 0 Å². The van der Waals surface area contributed by atoms with Crippen molar-refractivity contribution in [3.63, 3.8) is 0 Å². The Labute approximate surface area is 112 Å². The van der Waals surface area contributed by atoms with Crippen LogP contribution in [0.3, 0.4) is 0 Å². The molecule has 0 amide bonds. The number of methoxy groups -OCH3 is 1. The number of rotatable bonds is 7. The summed E-state index contributed by atoms with van der Waals surface area (Å²) in [6, 6.07) is 6.14. The molecule has 0 aliphatic heterocycles. The van der Waals surface area contributed by atoms with E-state index in [0.29, 0.717) is 0 Å². The minimum atomic E-state index is 0.968. The lowest BCUT2D eigenvalue weighted by atomic mass is 10.1. The predicted octanol–water partition coefficient (Wildman–Crippen LogP) is 2.15. The third-order valence-corrected chi connectivity index (χ3v) is 3.24. The van der Waals surface area contributed by atoms with Crippen LogP contribution in [0.4, 0.5) is 0 Å². The number of ether oxygens (including phenoxy) is 1. The van der Waals surface area contributed by atoms with Gasteiger partial charge in [0.25, 0.3) is 0 Å². The normalized spacial score (nSPS) is 10.9. The van der Waals surface area contributed by atoms with Gasteiger partial charge in [-0.15, -0.1) is 0 Å². The van der Waals surface area contributed by atoms with E-state index in [2.05, 4.69) is 39.3 Å². The summed E-state index contributed by atoms with van der Waals surface area (Å²) in [6.07, 6.45) is 1.00. The Morgan fingerprint density at radius 2 is 2.12 bits per heavy atom. The van der Waals surface area contributed by atoms with Gasteiger partial charge in [0.1, 0.15) is 5.75 Å². The minimum Gasteiger partial charge on any atom is -0.496 e. The van der Waals surface area contributed by atoms with Crippen molar-refractivity contribution in [1.29, 1.82) is 0 Å². The van der Waals surface area contributed by atoms with Gasteiger partial charge >= 0.3 is 0 Å². The van der Waals surface area contributed by atoms with Gasteiger partial charge in [-0.05, 0) is 44.3 Å². The van der Waals surface area contributed by atoms with E-state index in [-0.39, 0.29) is 0 Å². The van der Waals surface area contributed by atoms with Crippen LogP contribution in [0.5, 0.6) is 5.75 Å². The molecule has 0 atom stereocenters. The number of halogens is 1. The lowest BCUT2D eigenvalue weighted by Gasteiger charge is -2.17. The van der Waals surface area contributed by atoms with Gasteiger partial charge in [-0.2, -0.15) is 0 Å². The standard InChI is InChI=1S/C13H21BrN2O/c1-15-7-9-16(2)8-6-11-10-12(14)4-5-13(11)17-3/h4-5,10,15H,6-9H2,1-3H3. The van der Waals surface area contributed by atoms with Gasteiger partial charge in [-0.3, -0.25) is 0 Å². The van der Waals surface area contributed by atoms with Crippen molar-refractivity contribution in [1.82, 2.24) is 10.2 Å². The Morgan fingerprint density at radius 3 is 2.76 bits per heavy atom. The molecule has 3 nitrogen and oxygen atoms in total. The van der Waals surface area contributed by atoms with E-state index in [1.54, 1.807) is 7.11 Å². The van der Waals surface area contributed by atoms with Crippen LogP contribution >= 0.6 is 15.9 Å². The molecule has 0 heterocycles. The SMILES string of the molecule is CNCCN(C)CCc1cc(Br)ccc1OC. The molecule has 0 fully saturated rings. The number of nitrogens with one attached hydrogen (secondary N) is 1. The molecule has 0 aromatic heterocycles. The van der Waals surface area contributed by atoms with Gasteiger partial charge in [0, 0.05) is 24.1 Å². The monoisotopic (exact) mass is 300 g/mol. The summed E-state index contributed by atoms with van der Waals surface area (Å²) in [5.41, 5.74) is 1.25. The third-order valence-electron chi connectivity index (χ3n) is 2.75. The summed E-state index contributed by atoms with van der Waals surface area (Å²) < 4.78 is 6.47. The van der Waals surface area contributed by atoms with Gasteiger partial charge in [0.15, 0.2) is 0 Å². The highest BCUT2D eigenvalue weighted by Crippen LogP contribution is 2.23. The van der Waals surface area contributed by atoms with Crippen LogP contribution in [0.15, 0.2) is 22.7 Å². The maximum Gasteiger partial charge on any atom is 0.122 e. The first-order valence-electron chi connectivity index (χ1n) is 5.83. The zero-order valence-corrected chi connectivity index (χ0v) is 12.4. The second-order valence-electron chi connectivity index (χ2n) is 4.11. The Balaban J connectivity index is 2.52. The van der Waals surface area contributed by atoms with Crippen LogP contribution in [0.2, 0.25) is 0 Å². The molecule has 4 heteroatoms. The largest absolute Gasteiger partial charge is 0.496 e. The minimum absolute atomic E-state index is 0.968. The smallest absolute Gasteiger partial charge is 0.122 e. The van der Waals surface area contributed by atoms with E-state index in [0.717, 1.165) is 36.3 Å². The van der Waals surface area contributed by atoms with Crippen molar-refractivity contribution in [2.75, 3.05) is 40.8 Å². The predicted molar refractivity (Wildman–Crippen MR) is 75.8 cm³/mol. The molecule has 0 aliphatic carbocycles. The van der Waals surface area contributed by atoms with Crippen LogP contribution in [-0.4, -0.2) is 45.7 Å². The van der Waals surface area contributed by atoms with Crippen LogP contribution in [0.25, 0.3) is 0 Å². The molecule has 1 N–H and O–H groups in total. The van der Waals surface area contributed by atoms with Gasteiger partial charge in [0.05, 0.1) is 7.11 Å². The van der Waals surface area contributed by atoms with Crippen molar-refractivity contribution in [3.05, 3.63) is 28.2 Å². The first-order valence-corrected chi connectivity index (χ1v) is 6.62. The maximum atomic E-state index is 5.36.